The zero-order chi connectivity index (χ0) is 10.8. The van der Waals surface area contributed by atoms with Crippen molar-refractivity contribution >= 4 is 25.8 Å². The smallest absolute Gasteiger partial charge is 0.169 e. The maximum absolute atomic E-state index is 11.1. The van der Waals surface area contributed by atoms with Crippen LogP contribution in [0.25, 0.3) is 0 Å². The summed E-state index contributed by atoms with van der Waals surface area (Å²) in [5.41, 5.74) is 5.48. The molecular weight excluding hydrogens is 270 g/mol. The topological polar surface area (TPSA) is 73.3 Å². The van der Waals surface area contributed by atoms with Gasteiger partial charge in [-0.2, -0.15) is 0 Å². The highest BCUT2D eigenvalue weighted by atomic mass is 79.9. The van der Waals surface area contributed by atoms with Crippen LogP contribution in [-0.4, -0.2) is 27.0 Å². The van der Waals surface area contributed by atoms with Crippen LogP contribution >= 0.6 is 15.9 Å². The Morgan fingerprint density at radius 2 is 2.21 bits per heavy atom. The van der Waals surface area contributed by atoms with E-state index in [9.17, 15) is 8.42 Å². The summed E-state index contributed by atoms with van der Waals surface area (Å²) in [4.78, 5) is 0. The van der Waals surface area contributed by atoms with Gasteiger partial charge >= 0.3 is 0 Å². The summed E-state index contributed by atoms with van der Waals surface area (Å²) >= 11 is 3.15. The molecule has 6 heteroatoms. The number of hydrogen-bond acceptors (Lipinski definition) is 4. The summed E-state index contributed by atoms with van der Waals surface area (Å²) in [5.74, 6) is 0.352. The first-order valence-corrected chi connectivity index (χ1v) is 6.91. The Hall–Kier alpha value is -0.330. The van der Waals surface area contributed by atoms with Crippen molar-refractivity contribution in [2.24, 2.45) is 5.73 Å². The summed E-state index contributed by atoms with van der Waals surface area (Å²) < 4.78 is 28.0. The number of nitrogens with two attached hydrogens (primary N) is 1. The van der Waals surface area contributed by atoms with E-state index in [0.717, 1.165) is 0 Å². The number of furan rings is 1. The first-order valence-electron chi connectivity index (χ1n) is 4.05. The van der Waals surface area contributed by atoms with E-state index in [-0.39, 0.29) is 18.2 Å². The zero-order valence-electron chi connectivity index (χ0n) is 7.73. The molecule has 0 aliphatic carbocycles. The van der Waals surface area contributed by atoms with Crippen LogP contribution in [0.15, 0.2) is 21.2 Å². The number of hydrogen-bond donors (Lipinski definition) is 1. The van der Waals surface area contributed by atoms with Crippen molar-refractivity contribution in [3.05, 3.63) is 22.6 Å². The lowest BCUT2D eigenvalue weighted by molar-refractivity contribution is 0.458. The van der Waals surface area contributed by atoms with Crippen molar-refractivity contribution in [2.45, 2.75) is 5.92 Å². The van der Waals surface area contributed by atoms with Gasteiger partial charge in [-0.1, -0.05) is 0 Å². The highest BCUT2D eigenvalue weighted by molar-refractivity contribution is 9.10. The fourth-order valence-electron chi connectivity index (χ4n) is 1.18. The highest BCUT2D eigenvalue weighted by Gasteiger charge is 2.18. The minimum absolute atomic E-state index is 0.0173. The Bertz CT molecular complexity index is 398. The third-order valence-corrected chi connectivity index (χ3v) is 3.22. The monoisotopic (exact) mass is 281 g/mol. The van der Waals surface area contributed by atoms with Gasteiger partial charge in [-0.3, -0.25) is 0 Å². The van der Waals surface area contributed by atoms with Crippen molar-refractivity contribution in [3.8, 4) is 0 Å². The molecule has 0 fully saturated rings. The fraction of sp³-hybridized carbons (Fsp3) is 0.500. The average molecular weight is 282 g/mol. The SMILES string of the molecule is CS(=O)(=O)CC(CN)c1ccc(Br)o1. The summed E-state index contributed by atoms with van der Waals surface area (Å²) in [6.45, 7) is 0.257. The minimum Gasteiger partial charge on any atom is -0.454 e. The van der Waals surface area contributed by atoms with Gasteiger partial charge in [0.1, 0.15) is 15.6 Å². The van der Waals surface area contributed by atoms with Gasteiger partial charge in [-0.05, 0) is 28.1 Å². The molecule has 14 heavy (non-hydrogen) atoms. The molecule has 0 aliphatic heterocycles. The maximum Gasteiger partial charge on any atom is 0.169 e. The third-order valence-electron chi connectivity index (χ3n) is 1.78. The first kappa shape index (κ1) is 11.7. The number of halogens is 1. The molecule has 0 spiro atoms. The van der Waals surface area contributed by atoms with Gasteiger partial charge in [-0.15, -0.1) is 0 Å². The van der Waals surface area contributed by atoms with Crippen LogP contribution in [0.3, 0.4) is 0 Å². The molecule has 1 atom stereocenters. The van der Waals surface area contributed by atoms with Gasteiger partial charge in [0.15, 0.2) is 4.67 Å². The Kier molecular flexibility index (Phi) is 3.74. The van der Waals surface area contributed by atoms with Crippen LogP contribution in [0.5, 0.6) is 0 Å². The second-order valence-corrected chi connectivity index (χ2v) is 6.13. The van der Waals surface area contributed by atoms with Crippen molar-refractivity contribution in [3.63, 3.8) is 0 Å². The Morgan fingerprint density at radius 3 is 2.57 bits per heavy atom. The zero-order valence-corrected chi connectivity index (χ0v) is 10.1. The van der Waals surface area contributed by atoms with E-state index in [1.165, 1.54) is 6.26 Å². The second-order valence-electron chi connectivity index (χ2n) is 3.17. The van der Waals surface area contributed by atoms with Crippen LogP contribution in [0, 0.1) is 0 Å². The molecule has 0 aliphatic rings. The normalized spacial score (nSPS) is 14.2. The van der Waals surface area contributed by atoms with Crippen molar-refractivity contribution in [1.29, 1.82) is 0 Å². The molecule has 0 aromatic carbocycles. The van der Waals surface area contributed by atoms with Crippen LogP contribution in [0.4, 0.5) is 0 Å². The van der Waals surface area contributed by atoms with E-state index in [1.54, 1.807) is 12.1 Å². The van der Waals surface area contributed by atoms with E-state index in [1.807, 2.05) is 0 Å². The molecule has 1 aromatic heterocycles. The first-order chi connectivity index (χ1) is 6.42. The van der Waals surface area contributed by atoms with Crippen LogP contribution < -0.4 is 5.73 Å². The molecule has 80 valence electrons. The molecule has 0 radical (unpaired) electrons. The largest absolute Gasteiger partial charge is 0.454 e. The molecule has 1 aromatic rings. The molecule has 1 rings (SSSR count). The standard InChI is InChI=1S/C8H12BrNO3S/c1-14(11,12)5-6(4-10)7-2-3-8(9)13-7/h2-3,6H,4-5,10H2,1H3. The lowest BCUT2D eigenvalue weighted by Crippen LogP contribution is -2.20. The fourth-order valence-corrected chi connectivity index (χ4v) is 2.53. The van der Waals surface area contributed by atoms with Gasteiger partial charge in [-0.25, -0.2) is 8.42 Å². The molecule has 4 nitrogen and oxygen atoms in total. The van der Waals surface area contributed by atoms with E-state index in [2.05, 4.69) is 15.9 Å². The summed E-state index contributed by atoms with van der Waals surface area (Å²) in [5, 5.41) is 0. The maximum atomic E-state index is 11.1. The van der Waals surface area contributed by atoms with Crippen LogP contribution in [-0.2, 0) is 9.84 Å². The lowest BCUT2D eigenvalue weighted by atomic mass is 10.1. The molecule has 2 N–H and O–H groups in total. The summed E-state index contributed by atoms with van der Waals surface area (Å²) in [6, 6.07) is 3.45. The second kappa shape index (κ2) is 4.46. The number of sulfone groups is 1. The summed E-state index contributed by atoms with van der Waals surface area (Å²) in [7, 11) is -3.03. The highest BCUT2D eigenvalue weighted by Crippen LogP contribution is 2.22. The van der Waals surface area contributed by atoms with Gasteiger partial charge in [0.25, 0.3) is 0 Å². The molecule has 0 saturated carbocycles. The molecule has 0 bridgehead atoms. The molecular formula is C8H12BrNO3S. The predicted octanol–water partition coefficient (Wildman–Crippen LogP) is 1.13. The average Bonchev–Trinajstić information content (AvgIpc) is 2.46. The van der Waals surface area contributed by atoms with Gasteiger partial charge in [0.05, 0.1) is 5.75 Å². The predicted molar refractivity (Wildman–Crippen MR) is 57.9 cm³/mol. The van der Waals surface area contributed by atoms with Crippen molar-refractivity contribution < 1.29 is 12.8 Å². The molecule has 0 saturated heterocycles. The minimum atomic E-state index is -3.03. The van der Waals surface area contributed by atoms with E-state index >= 15 is 0 Å². The van der Waals surface area contributed by atoms with Crippen molar-refractivity contribution in [2.75, 3.05) is 18.6 Å². The van der Waals surface area contributed by atoms with Crippen LogP contribution in [0.2, 0.25) is 0 Å². The van der Waals surface area contributed by atoms with Crippen molar-refractivity contribution in [1.82, 2.24) is 0 Å². The van der Waals surface area contributed by atoms with E-state index in [4.69, 9.17) is 10.2 Å². The molecule has 1 unspecified atom stereocenters. The summed E-state index contributed by atoms with van der Waals surface area (Å²) in [6.07, 6.45) is 1.19. The van der Waals surface area contributed by atoms with E-state index < -0.39 is 9.84 Å². The van der Waals surface area contributed by atoms with Gasteiger partial charge in [0.2, 0.25) is 0 Å². The van der Waals surface area contributed by atoms with E-state index in [0.29, 0.717) is 10.4 Å². The third kappa shape index (κ3) is 3.43. The Balaban J connectivity index is 2.83. The molecule has 1 heterocycles. The van der Waals surface area contributed by atoms with Gasteiger partial charge in [0, 0.05) is 18.7 Å². The number of rotatable bonds is 4. The Labute approximate surface area is 91.5 Å². The van der Waals surface area contributed by atoms with Gasteiger partial charge < -0.3 is 10.2 Å². The lowest BCUT2D eigenvalue weighted by Gasteiger charge is -2.09. The molecule has 0 amide bonds. The van der Waals surface area contributed by atoms with Crippen LogP contribution in [0.1, 0.15) is 11.7 Å². The Morgan fingerprint density at radius 1 is 1.57 bits per heavy atom. The quantitative estimate of drug-likeness (QED) is 0.898.